The van der Waals surface area contributed by atoms with E-state index in [1.165, 1.54) is 11.9 Å². The molecule has 2 N–H and O–H groups in total. The summed E-state index contributed by atoms with van der Waals surface area (Å²) in [6.45, 7) is 7.27. The van der Waals surface area contributed by atoms with Crippen molar-refractivity contribution < 1.29 is 24.2 Å². The number of nitrogens with zero attached hydrogens (tertiary/aromatic N) is 1. The minimum absolute atomic E-state index is 0.177. The molecule has 116 valence electrons. The quantitative estimate of drug-likeness (QED) is 0.713. The second-order valence-electron chi connectivity index (χ2n) is 5.63. The lowest BCUT2D eigenvalue weighted by Gasteiger charge is -2.31. The number of ether oxygens (including phenoxy) is 1. The number of carbonyl (C=O) groups excluding carboxylic acids is 2. The summed E-state index contributed by atoms with van der Waals surface area (Å²) in [6.07, 6.45) is -0.178. The fourth-order valence-corrected chi connectivity index (χ4v) is 1.48. The number of hydrogen-bond acceptors (Lipinski definition) is 4. The molecule has 7 nitrogen and oxygen atoms in total. The standard InChI is InChI=1S/C13H24N2O5/c1-6-20-11(18)8-15(5)12(19)14-9(7-10(16)17)13(2,3)4/h9H,6-8H2,1-5H3,(H,14,19)(H,16,17). The molecule has 0 aromatic heterocycles. The summed E-state index contributed by atoms with van der Waals surface area (Å²) in [7, 11) is 1.45. The van der Waals surface area contributed by atoms with Crippen LogP contribution in [0, 0.1) is 5.41 Å². The van der Waals surface area contributed by atoms with Crippen LogP contribution >= 0.6 is 0 Å². The molecule has 0 saturated heterocycles. The van der Waals surface area contributed by atoms with Gasteiger partial charge in [0.2, 0.25) is 0 Å². The Balaban J connectivity index is 4.59. The second kappa shape index (κ2) is 7.72. The maximum atomic E-state index is 11.9. The molecule has 1 unspecified atom stereocenters. The average Bonchev–Trinajstić information content (AvgIpc) is 2.26. The summed E-state index contributed by atoms with van der Waals surface area (Å²) >= 11 is 0. The number of urea groups is 1. The predicted octanol–water partition coefficient (Wildman–Crippen LogP) is 1.08. The number of esters is 1. The van der Waals surface area contributed by atoms with Crippen molar-refractivity contribution >= 4 is 18.0 Å². The molecule has 20 heavy (non-hydrogen) atoms. The molecule has 0 aliphatic rings. The lowest BCUT2D eigenvalue weighted by atomic mass is 9.85. The molecule has 0 fully saturated rings. The number of rotatable bonds is 6. The van der Waals surface area contributed by atoms with Gasteiger partial charge >= 0.3 is 18.0 Å². The van der Waals surface area contributed by atoms with Gasteiger partial charge in [0.1, 0.15) is 6.54 Å². The monoisotopic (exact) mass is 288 g/mol. The highest BCUT2D eigenvalue weighted by atomic mass is 16.5. The third-order valence-electron chi connectivity index (χ3n) is 2.74. The molecule has 0 aromatic carbocycles. The molecule has 0 aromatic rings. The van der Waals surface area contributed by atoms with Gasteiger partial charge in [0, 0.05) is 13.1 Å². The van der Waals surface area contributed by atoms with E-state index in [-0.39, 0.29) is 19.6 Å². The van der Waals surface area contributed by atoms with Gasteiger partial charge in [-0.25, -0.2) is 4.79 Å². The van der Waals surface area contributed by atoms with Crippen LogP contribution in [0.15, 0.2) is 0 Å². The fourth-order valence-electron chi connectivity index (χ4n) is 1.48. The molecule has 0 bridgehead atoms. The highest BCUT2D eigenvalue weighted by molar-refractivity contribution is 5.81. The van der Waals surface area contributed by atoms with E-state index >= 15 is 0 Å². The third-order valence-corrected chi connectivity index (χ3v) is 2.74. The molecular weight excluding hydrogens is 264 g/mol. The van der Waals surface area contributed by atoms with Gasteiger partial charge in [0.25, 0.3) is 0 Å². The predicted molar refractivity (Wildman–Crippen MR) is 73.3 cm³/mol. The number of nitrogens with one attached hydrogen (secondary N) is 1. The van der Waals surface area contributed by atoms with Crippen molar-refractivity contribution in [3.05, 3.63) is 0 Å². The zero-order valence-electron chi connectivity index (χ0n) is 12.7. The molecule has 0 heterocycles. The zero-order chi connectivity index (χ0) is 15.9. The maximum absolute atomic E-state index is 11.9. The Morgan fingerprint density at radius 2 is 1.85 bits per heavy atom. The summed E-state index contributed by atoms with van der Waals surface area (Å²) < 4.78 is 4.74. The summed E-state index contributed by atoms with van der Waals surface area (Å²) in [4.78, 5) is 35.2. The summed E-state index contributed by atoms with van der Waals surface area (Å²) in [5.74, 6) is -1.49. The van der Waals surface area contributed by atoms with Crippen LogP contribution in [-0.4, -0.2) is 54.2 Å². The van der Waals surface area contributed by atoms with E-state index in [1.807, 2.05) is 20.8 Å². The van der Waals surface area contributed by atoms with E-state index in [2.05, 4.69) is 5.32 Å². The largest absolute Gasteiger partial charge is 0.481 e. The molecule has 0 spiro atoms. The van der Waals surface area contributed by atoms with Crippen LogP contribution < -0.4 is 5.32 Å². The van der Waals surface area contributed by atoms with Gasteiger partial charge < -0.3 is 20.1 Å². The Morgan fingerprint density at radius 1 is 1.30 bits per heavy atom. The minimum atomic E-state index is -0.988. The van der Waals surface area contributed by atoms with Crippen molar-refractivity contribution in [2.24, 2.45) is 5.41 Å². The average molecular weight is 288 g/mol. The van der Waals surface area contributed by atoms with E-state index in [0.717, 1.165) is 0 Å². The van der Waals surface area contributed by atoms with Crippen molar-refractivity contribution in [3.63, 3.8) is 0 Å². The zero-order valence-corrected chi connectivity index (χ0v) is 12.7. The summed E-state index contributed by atoms with van der Waals surface area (Å²) in [5, 5.41) is 11.5. The van der Waals surface area contributed by atoms with E-state index in [1.54, 1.807) is 6.92 Å². The normalized spacial score (nSPS) is 12.4. The number of aliphatic carboxylic acids is 1. The number of carboxylic acids is 1. The van der Waals surface area contributed by atoms with Gasteiger partial charge in [0.05, 0.1) is 13.0 Å². The SMILES string of the molecule is CCOC(=O)CN(C)C(=O)NC(CC(=O)O)C(C)(C)C. The molecule has 0 aliphatic carbocycles. The van der Waals surface area contributed by atoms with Crippen molar-refractivity contribution in [1.29, 1.82) is 0 Å². The number of likely N-dealkylation sites (N-methyl/N-ethyl adjacent to an activating group) is 1. The van der Waals surface area contributed by atoms with Crippen molar-refractivity contribution in [3.8, 4) is 0 Å². The number of hydrogen-bond donors (Lipinski definition) is 2. The minimum Gasteiger partial charge on any atom is -0.481 e. The molecule has 0 aliphatic heterocycles. The van der Waals surface area contributed by atoms with Crippen molar-refractivity contribution in [2.75, 3.05) is 20.2 Å². The third kappa shape index (κ3) is 6.96. The molecule has 7 heteroatoms. The van der Waals surface area contributed by atoms with Gasteiger partial charge in [-0.15, -0.1) is 0 Å². The lowest BCUT2D eigenvalue weighted by Crippen LogP contribution is -2.50. The van der Waals surface area contributed by atoms with Crippen LogP contribution in [0.25, 0.3) is 0 Å². The van der Waals surface area contributed by atoms with Crippen LogP contribution in [-0.2, 0) is 14.3 Å². The maximum Gasteiger partial charge on any atom is 0.325 e. The van der Waals surface area contributed by atoms with Gasteiger partial charge in [-0.3, -0.25) is 9.59 Å². The molecular formula is C13H24N2O5. The molecule has 0 saturated carbocycles. The number of amides is 2. The van der Waals surface area contributed by atoms with Crippen molar-refractivity contribution in [2.45, 2.75) is 40.2 Å². The molecule has 0 rings (SSSR count). The van der Waals surface area contributed by atoms with Gasteiger partial charge in [0.15, 0.2) is 0 Å². The molecule has 2 amide bonds. The first kappa shape index (κ1) is 18.2. The Morgan fingerprint density at radius 3 is 2.25 bits per heavy atom. The topological polar surface area (TPSA) is 95.9 Å². The van der Waals surface area contributed by atoms with Crippen LogP contribution in [0.3, 0.4) is 0 Å². The van der Waals surface area contributed by atoms with E-state index in [9.17, 15) is 14.4 Å². The second-order valence-corrected chi connectivity index (χ2v) is 5.63. The van der Waals surface area contributed by atoms with E-state index in [0.29, 0.717) is 0 Å². The highest BCUT2D eigenvalue weighted by Crippen LogP contribution is 2.22. The highest BCUT2D eigenvalue weighted by Gasteiger charge is 2.29. The van der Waals surface area contributed by atoms with Crippen molar-refractivity contribution in [1.82, 2.24) is 10.2 Å². The first-order valence-corrected chi connectivity index (χ1v) is 6.47. The number of carboxylic acid groups (broad SMARTS) is 1. The summed E-state index contributed by atoms with van der Waals surface area (Å²) in [5.41, 5.74) is -0.404. The molecule has 1 atom stereocenters. The smallest absolute Gasteiger partial charge is 0.325 e. The van der Waals surface area contributed by atoms with E-state index in [4.69, 9.17) is 9.84 Å². The van der Waals surface area contributed by atoms with Crippen LogP contribution in [0.2, 0.25) is 0 Å². The lowest BCUT2D eigenvalue weighted by molar-refractivity contribution is -0.143. The fraction of sp³-hybridized carbons (Fsp3) is 0.769. The summed E-state index contributed by atoms with van der Waals surface area (Å²) in [6, 6.07) is -1.03. The Kier molecular flexibility index (Phi) is 7.02. The Hall–Kier alpha value is -1.79. The first-order valence-electron chi connectivity index (χ1n) is 6.47. The first-order chi connectivity index (χ1) is 9.07. The van der Waals surface area contributed by atoms with Gasteiger partial charge in [-0.1, -0.05) is 20.8 Å². The Bertz CT molecular complexity index is 362. The van der Waals surface area contributed by atoms with Crippen LogP contribution in [0.5, 0.6) is 0 Å². The Labute approximate surface area is 119 Å². The number of carbonyl (C=O) groups is 3. The molecule has 0 radical (unpaired) electrons. The van der Waals surface area contributed by atoms with Gasteiger partial charge in [-0.2, -0.15) is 0 Å². The van der Waals surface area contributed by atoms with E-state index < -0.39 is 29.4 Å². The van der Waals surface area contributed by atoms with Crippen LogP contribution in [0.4, 0.5) is 4.79 Å². The van der Waals surface area contributed by atoms with Crippen LogP contribution in [0.1, 0.15) is 34.1 Å². The van der Waals surface area contributed by atoms with Gasteiger partial charge in [-0.05, 0) is 12.3 Å².